The summed E-state index contributed by atoms with van der Waals surface area (Å²) < 4.78 is 4.96. The zero-order valence-corrected chi connectivity index (χ0v) is 20.4. The van der Waals surface area contributed by atoms with Gasteiger partial charge in [-0.25, -0.2) is 0 Å². The molecule has 0 spiro atoms. The molecular formula is C24H46O4S. The molecule has 0 radical (unpaired) electrons. The third kappa shape index (κ3) is 9.18. The molecule has 1 aliphatic carbocycles. The van der Waals surface area contributed by atoms with Crippen molar-refractivity contribution in [2.75, 3.05) is 12.4 Å². The fourth-order valence-corrected chi connectivity index (χ4v) is 5.98. The summed E-state index contributed by atoms with van der Waals surface area (Å²) in [4.78, 5) is 11.4. The number of aliphatic hydroxyl groups excluding tert-OH is 1. The van der Waals surface area contributed by atoms with Gasteiger partial charge in [0.1, 0.15) is 0 Å². The van der Waals surface area contributed by atoms with E-state index < -0.39 is 5.60 Å². The second-order valence-corrected chi connectivity index (χ2v) is 10.9. The molecule has 29 heavy (non-hydrogen) atoms. The van der Waals surface area contributed by atoms with E-state index in [1.807, 2.05) is 25.6 Å². The predicted octanol–water partition coefficient (Wildman–Crippen LogP) is 5.73. The summed E-state index contributed by atoms with van der Waals surface area (Å²) in [5.74, 6) is 0.973. The summed E-state index contributed by atoms with van der Waals surface area (Å²) in [6.07, 6.45) is 10.8. The smallest absolute Gasteiger partial charge is 0.305 e. The van der Waals surface area contributed by atoms with Crippen molar-refractivity contribution in [1.82, 2.24) is 0 Å². The monoisotopic (exact) mass is 430 g/mol. The van der Waals surface area contributed by atoms with Crippen LogP contribution in [0.5, 0.6) is 0 Å². The molecule has 4 nitrogen and oxygen atoms in total. The lowest BCUT2D eigenvalue weighted by atomic mass is 9.73. The Morgan fingerprint density at radius 1 is 1.07 bits per heavy atom. The van der Waals surface area contributed by atoms with Crippen LogP contribution in [0.2, 0.25) is 0 Å². The van der Waals surface area contributed by atoms with Crippen LogP contribution in [0.25, 0.3) is 0 Å². The van der Waals surface area contributed by atoms with Gasteiger partial charge in [0.2, 0.25) is 0 Å². The maximum atomic E-state index is 11.4. The fourth-order valence-electron chi connectivity index (χ4n) is 4.18. The maximum Gasteiger partial charge on any atom is 0.305 e. The molecule has 1 rings (SSSR count). The van der Waals surface area contributed by atoms with Crippen LogP contribution < -0.4 is 0 Å². The Labute approximate surface area is 183 Å². The fraction of sp³-hybridized carbons (Fsp3) is 0.958. The molecule has 0 saturated heterocycles. The van der Waals surface area contributed by atoms with Gasteiger partial charge in [0, 0.05) is 17.4 Å². The molecule has 0 aliphatic heterocycles. The van der Waals surface area contributed by atoms with Gasteiger partial charge in [0.15, 0.2) is 0 Å². The quantitative estimate of drug-likeness (QED) is 0.256. The van der Waals surface area contributed by atoms with E-state index in [0.717, 1.165) is 70.0 Å². The summed E-state index contributed by atoms with van der Waals surface area (Å²) in [7, 11) is 0. The van der Waals surface area contributed by atoms with Gasteiger partial charge in [0.25, 0.3) is 0 Å². The molecule has 1 fully saturated rings. The highest BCUT2D eigenvalue weighted by Crippen LogP contribution is 2.43. The van der Waals surface area contributed by atoms with Crippen molar-refractivity contribution in [3.8, 4) is 0 Å². The third-order valence-electron chi connectivity index (χ3n) is 6.88. The van der Waals surface area contributed by atoms with Gasteiger partial charge in [0.05, 0.1) is 18.3 Å². The third-order valence-corrected chi connectivity index (χ3v) is 8.63. The molecule has 0 heterocycles. The number of aliphatic hydroxyl groups is 2. The average Bonchev–Trinajstić information content (AvgIpc) is 3.01. The van der Waals surface area contributed by atoms with Crippen LogP contribution in [0.4, 0.5) is 0 Å². The first-order valence-corrected chi connectivity index (χ1v) is 12.9. The van der Waals surface area contributed by atoms with Crippen molar-refractivity contribution >= 4 is 17.7 Å². The minimum Gasteiger partial charge on any atom is -0.466 e. The molecule has 0 amide bonds. The molecule has 4 unspecified atom stereocenters. The molecule has 1 saturated carbocycles. The van der Waals surface area contributed by atoms with Crippen molar-refractivity contribution in [3.63, 3.8) is 0 Å². The van der Waals surface area contributed by atoms with Crippen molar-refractivity contribution in [2.24, 2.45) is 11.3 Å². The van der Waals surface area contributed by atoms with Gasteiger partial charge >= 0.3 is 5.97 Å². The number of ether oxygens (including phenoxy) is 1. The second kappa shape index (κ2) is 13.2. The van der Waals surface area contributed by atoms with Gasteiger partial charge < -0.3 is 14.9 Å². The van der Waals surface area contributed by atoms with Crippen LogP contribution >= 0.6 is 11.8 Å². The van der Waals surface area contributed by atoms with E-state index in [2.05, 4.69) is 20.8 Å². The zero-order valence-electron chi connectivity index (χ0n) is 19.5. The summed E-state index contributed by atoms with van der Waals surface area (Å²) >= 11 is 1.87. The lowest BCUT2D eigenvalue weighted by Gasteiger charge is -2.41. The normalized spacial score (nSPS) is 24.4. The topological polar surface area (TPSA) is 66.8 Å². The number of carbonyl (C=O) groups excluding carboxylic acids is 1. The summed E-state index contributed by atoms with van der Waals surface area (Å²) in [5.41, 5.74) is -0.792. The highest BCUT2D eigenvalue weighted by molar-refractivity contribution is 8.00. The minimum absolute atomic E-state index is 0.0934. The van der Waals surface area contributed by atoms with Crippen LogP contribution in [0, 0.1) is 11.3 Å². The van der Waals surface area contributed by atoms with E-state index >= 15 is 0 Å². The molecule has 5 heteroatoms. The van der Waals surface area contributed by atoms with Crippen LogP contribution in [-0.2, 0) is 9.53 Å². The molecular weight excluding hydrogens is 384 g/mol. The predicted molar refractivity (Wildman–Crippen MR) is 123 cm³/mol. The van der Waals surface area contributed by atoms with E-state index in [0.29, 0.717) is 24.2 Å². The number of unbranched alkanes of at least 4 members (excludes halogenated alkanes) is 4. The summed E-state index contributed by atoms with van der Waals surface area (Å²) in [5, 5.41) is 22.0. The standard InChI is InChI=1S/C24H46O4S/c1-6-8-17-23(3,4)24(5,27)18-29-21-16-15-20(25)19(21)13-11-9-10-12-14-22(26)28-7-2/h19-21,25,27H,6-18H2,1-5H3. The van der Waals surface area contributed by atoms with Crippen molar-refractivity contribution in [2.45, 2.75) is 122 Å². The van der Waals surface area contributed by atoms with E-state index in [1.54, 1.807) is 0 Å². The largest absolute Gasteiger partial charge is 0.466 e. The van der Waals surface area contributed by atoms with Gasteiger partial charge in [-0.2, -0.15) is 11.8 Å². The highest BCUT2D eigenvalue weighted by Gasteiger charge is 2.41. The van der Waals surface area contributed by atoms with Crippen molar-refractivity contribution in [3.05, 3.63) is 0 Å². The Morgan fingerprint density at radius 3 is 2.41 bits per heavy atom. The van der Waals surface area contributed by atoms with Crippen molar-refractivity contribution < 1.29 is 19.7 Å². The van der Waals surface area contributed by atoms with Crippen LogP contribution in [0.15, 0.2) is 0 Å². The van der Waals surface area contributed by atoms with Crippen LogP contribution in [-0.4, -0.2) is 45.5 Å². The molecule has 0 aromatic rings. The highest BCUT2D eigenvalue weighted by atomic mass is 32.2. The molecule has 4 atom stereocenters. The molecule has 2 N–H and O–H groups in total. The van der Waals surface area contributed by atoms with E-state index in [4.69, 9.17) is 4.74 Å². The Hall–Kier alpha value is -0.260. The van der Waals surface area contributed by atoms with Gasteiger partial charge in [-0.3, -0.25) is 4.79 Å². The van der Waals surface area contributed by atoms with Gasteiger partial charge in [-0.15, -0.1) is 0 Å². The summed E-state index contributed by atoms with van der Waals surface area (Å²) in [6.45, 7) is 10.8. The number of hydrogen-bond donors (Lipinski definition) is 2. The lowest BCUT2D eigenvalue weighted by Crippen LogP contribution is -2.44. The lowest BCUT2D eigenvalue weighted by molar-refractivity contribution is -0.143. The number of carbonyl (C=O) groups is 1. The molecule has 1 aliphatic rings. The first kappa shape index (κ1) is 26.8. The van der Waals surface area contributed by atoms with Crippen LogP contribution in [0.1, 0.15) is 105 Å². The van der Waals surface area contributed by atoms with Crippen LogP contribution in [0.3, 0.4) is 0 Å². The van der Waals surface area contributed by atoms with Gasteiger partial charge in [-0.05, 0) is 57.3 Å². The Morgan fingerprint density at radius 2 is 1.76 bits per heavy atom. The first-order valence-electron chi connectivity index (χ1n) is 11.8. The minimum atomic E-state index is -0.696. The molecule has 172 valence electrons. The van der Waals surface area contributed by atoms with Gasteiger partial charge in [-0.1, -0.05) is 52.9 Å². The SMILES string of the molecule is CCCCC(C)(C)C(C)(O)CSC1CCC(O)C1CCCCCCC(=O)OCC. The van der Waals surface area contributed by atoms with E-state index in [-0.39, 0.29) is 17.5 Å². The average molecular weight is 431 g/mol. The maximum absolute atomic E-state index is 11.4. The van der Waals surface area contributed by atoms with E-state index in [1.165, 1.54) is 0 Å². The molecule has 0 bridgehead atoms. The Balaban J connectivity index is 2.37. The number of hydrogen-bond acceptors (Lipinski definition) is 5. The second-order valence-electron chi connectivity index (χ2n) is 9.68. The number of esters is 1. The Bertz CT molecular complexity index is 464. The summed E-state index contributed by atoms with van der Waals surface area (Å²) in [6, 6.07) is 0. The molecule has 0 aromatic heterocycles. The van der Waals surface area contributed by atoms with E-state index in [9.17, 15) is 15.0 Å². The first-order chi connectivity index (χ1) is 13.6. The number of thioether (sulfide) groups is 1. The number of rotatable bonds is 15. The van der Waals surface area contributed by atoms with Crippen molar-refractivity contribution in [1.29, 1.82) is 0 Å². The Kier molecular flexibility index (Phi) is 12.2. The zero-order chi connectivity index (χ0) is 21.9. The molecule has 0 aromatic carbocycles.